The number of nitrogens with one attached hydrogen (secondary N) is 1. The molecule has 1 saturated heterocycles. The van der Waals surface area contributed by atoms with Crippen molar-refractivity contribution in [3.63, 3.8) is 0 Å². The zero-order valence-corrected chi connectivity index (χ0v) is 17.2. The summed E-state index contributed by atoms with van der Waals surface area (Å²) in [6.07, 6.45) is 2.20. The van der Waals surface area contributed by atoms with Crippen LogP contribution in [0.2, 0.25) is 0 Å². The molecule has 1 heterocycles. The maximum atomic E-state index is 11.9. The van der Waals surface area contributed by atoms with Crippen molar-refractivity contribution in [1.82, 2.24) is 0 Å². The smallest absolute Gasteiger partial charge is 0.224 e. The Morgan fingerprint density at radius 1 is 0.966 bits per heavy atom. The van der Waals surface area contributed by atoms with E-state index in [4.69, 9.17) is 15.2 Å². The lowest BCUT2D eigenvalue weighted by atomic mass is 10.2. The second kappa shape index (κ2) is 10.0. The Labute approximate surface area is 172 Å². The Bertz CT molecular complexity index is 810. The van der Waals surface area contributed by atoms with Crippen LogP contribution in [0.15, 0.2) is 42.5 Å². The number of nitrogens with two attached hydrogens (primary N) is 1. The van der Waals surface area contributed by atoms with Crippen molar-refractivity contribution in [3.8, 4) is 11.5 Å². The normalized spacial score (nSPS) is 13.5. The molecule has 0 aliphatic carbocycles. The first kappa shape index (κ1) is 20.8. The molecule has 1 amide bonds. The molecule has 0 aromatic heterocycles. The molecule has 7 heteroatoms. The minimum atomic E-state index is 0.0343. The summed E-state index contributed by atoms with van der Waals surface area (Å²) in [6, 6.07) is 14.0. The molecule has 3 N–H and O–H groups in total. The molecule has 3 rings (SSSR count). The predicted octanol–water partition coefficient (Wildman–Crippen LogP) is 3.06. The summed E-state index contributed by atoms with van der Waals surface area (Å²) in [5.41, 5.74) is 8.52. The second-order valence-electron chi connectivity index (χ2n) is 7.05. The number of hydrogen-bond acceptors (Lipinski definition) is 6. The third-order valence-corrected chi connectivity index (χ3v) is 5.09. The first-order chi connectivity index (χ1) is 14.1. The van der Waals surface area contributed by atoms with E-state index in [1.54, 1.807) is 14.2 Å². The highest BCUT2D eigenvalue weighted by Gasteiger charge is 2.21. The first-order valence-electron chi connectivity index (χ1n) is 9.96. The number of rotatable bonds is 9. The monoisotopic (exact) mass is 398 g/mol. The van der Waals surface area contributed by atoms with E-state index in [1.807, 2.05) is 42.5 Å². The number of methoxy groups -OCH3 is 2. The van der Waals surface area contributed by atoms with Gasteiger partial charge in [0.2, 0.25) is 5.91 Å². The Kier molecular flexibility index (Phi) is 7.19. The van der Waals surface area contributed by atoms with Gasteiger partial charge in [-0.05, 0) is 55.8 Å². The lowest BCUT2D eigenvalue weighted by Crippen LogP contribution is -2.24. The number of amides is 1. The van der Waals surface area contributed by atoms with Crippen LogP contribution in [0.25, 0.3) is 0 Å². The van der Waals surface area contributed by atoms with E-state index in [1.165, 1.54) is 0 Å². The molecule has 0 spiro atoms. The summed E-state index contributed by atoms with van der Waals surface area (Å²) < 4.78 is 10.7. The van der Waals surface area contributed by atoms with E-state index in [-0.39, 0.29) is 5.91 Å². The van der Waals surface area contributed by atoms with Gasteiger partial charge in [-0.15, -0.1) is 0 Å². The van der Waals surface area contributed by atoms with E-state index >= 15 is 0 Å². The maximum Gasteiger partial charge on any atom is 0.224 e. The number of unbranched alkanes of at least 4 members (excludes halogenated alkanes) is 1. The quantitative estimate of drug-likeness (QED) is 0.632. The fourth-order valence-corrected chi connectivity index (χ4v) is 3.44. The Morgan fingerprint density at radius 3 is 2.28 bits per heavy atom. The summed E-state index contributed by atoms with van der Waals surface area (Å²) in [7, 11) is 3.29. The average molecular weight is 399 g/mol. The zero-order chi connectivity index (χ0) is 20.6. The highest BCUT2D eigenvalue weighted by atomic mass is 16.5. The van der Waals surface area contributed by atoms with E-state index in [9.17, 15) is 4.79 Å². The van der Waals surface area contributed by atoms with Crippen molar-refractivity contribution < 1.29 is 14.3 Å². The second-order valence-corrected chi connectivity index (χ2v) is 7.05. The summed E-state index contributed by atoms with van der Waals surface area (Å²) >= 11 is 0. The van der Waals surface area contributed by atoms with Crippen molar-refractivity contribution in [2.75, 3.05) is 55.6 Å². The van der Waals surface area contributed by atoms with E-state index in [2.05, 4.69) is 15.1 Å². The third kappa shape index (κ3) is 5.32. The van der Waals surface area contributed by atoms with Gasteiger partial charge in [-0.25, -0.2) is 0 Å². The fourth-order valence-electron chi connectivity index (χ4n) is 3.44. The average Bonchev–Trinajstić information content (AvgIpc) is 3.24. The molecule has 2 aromatic carbocycles. The number of benzene rings is 2. The molecule has 7 nitrogen and oxygen atoms in total. The molecule has 1 fully saturated rings. The van der Waals surface area contributed by atoms with Crippen LogP contribution in [0.4, 0.5) is 17.1 Å². The van der Waals surface area contributed by atoms with Crippen molar-refractivity contribution in [1.29, 1.82) is 0 Å². The highest BCUT2D eigenvalue weighted by molar-refractivity contribution is 5.90. The predicted molar refractivity (Wildman–Crippen MR) is 117 cm³/mol. The number of ether oxygens (including phenoxy) is 2. The largest absolute Gasteiger partial charge is 0.493 e. The van der Waals surface area contributed by atoms with Gasteiger partial charge in [0.25, 0.3) is 0 Å². The Hall–Kier alpha value is -2.93. The number of hydrogen-bond donors (Lipinski definition) is 2. The molecule has 1 aliphatic rings. The Balaban J connectivity index is 1.58. The highest BCUT2D eigenvalue weighted by Crippen LogP contribution is 2.33. The van der Waals surface area contributed by atoms with Gasteiger partial charge in [0.05, 0.1) is 20.9 Å². The molecule has 0 bridgehead atoms. The van der Waals surface area contributed by atoms with Gasteiger partial charge in [-0.2, -0.15) is 0 Å². The van der Waals surface area contributed by atoms with Crippen LogP contribution in [0.3, 0.4) is 0 Å². The van der Waals surface area contributed by atoms with Crippen LogP contribution < -0.4 is 30.3 Å². The Morgan fingerprint density at radius 2 is 1.62 bits per heavy atom. The minimum Gasteiger partial charge on any atom is -0.493 e. The van der Waals surface area contributed by atoms with Crippen molar-refractivity contribution in [2.45, 2.75) is 19.3 Å². The van der Waals surface area contributed by atoms with Crippen LogP contribution in [-0.2, 0) is 4.79 Å². The molecular weight excluding hydrogens is 368 g/mol. The van der Waals surface area contributed by atoms with E-state index < -0.39 is 0 Å². The first-order valence-corrected chi connectivity index (χ1v) is 9.96. The summed E-state index contributed by atoms with van der Waals surface area (Å²) in [6.45, 7) is 3.27. The molecule has 2 aromatic rings. The van der Waals surface area contributed by atoms with Gasteiger partial charge in [-0.3, -0.25) is 4.79 Å². The van der Waals surface area contributed by atoms with Crippen LogP contribution in [0.1, 0.15) is 19.3 Å². The van der Waals surface area contributed by atoms with Gasteiger partial charge in [-0.1, -0.05) is 0 Å². The van der Waals surface area contributed by atoms with Crippen LogP contribution in [-0.4, -0.2) is 46.4 Å². The third-order valence-electron chi connectivity index (χ3n) is 5.09. The van der Waals surface area contributed by atoms with Gasteiger partial charge in [0, 0.05) is 42.6 Å². The van der Waals surface area contributed by atoms with Crippen molar-refractivity contribution in [3.05, 3.63) is 42.5 Å². The number of carbonyl (C=O) groups excluding carboxylic acids is 1. The minimum absolute atomic E-state index is 0.0343. The summed E-state index contributed by atoms with van der Waals surface area (Å²) in [5.74, 6) is 1.50. The van der Waals surface area contributed by atoms with Gasteiger partial charge in [0.15, 0.2) is 11.5 Å². The fraction of sp³-hybridized carbons (Fsp3) is 0.409. The van der Waals surface area contributed by atoms with Crippen molar-refractivity contribution in [2.24, 2.45) is 5.73 Å². The zero-order valence-electron chi connectivity index (χ0n) is 17.2. The standard InChI is InChI=1S/C22H30N4O3/c1-28-20-11-10-19(15-21(20)29-2)26-14-13-25(16-26)18-8-6-17(7-9-18)24-22(27)5-3-4-12-23/h6-11,15H,3-5,12-14,16,23H2,1-2H3,(H,24,27). The summed E-state index contributed by atoms with van der Waals surface area (Å²) in [4.78, 5) is 16.5. The van der Waals surface area contributed by atoms with Gasteiger partial charge < -0.3 is 30.3 Å². The number of carbonyl (C=O) groups is 1. The van der Waals surface area contributed by atoms with E-state index in [0.717, 1.165) is 61.2 Å². The molecule has 0 radical (unpaired) electrons. The van der Waals surface area contributed by atoms with Crippen LogP contribution >= 0.6 is 0 Å². The molecule has 1 aliphatic heterocycles. The topological polar surface area (TPSA) is 80.1 Å². The molecule has 156 valence electrons. The summed E-state index contributed by atoms with van der Waals surface area (Å²) in [5, 5.41) is 2.94. The number of nitrogens with zero attached hydrogens (tertiary/aromatic N) is 2. The lowest BCUT2D eigenvalue weighted by Gasteiger charge is -2.22. The maximum absolute atomic E-state index is 11.9. The number of anilines is 3. The van der Waals surface area contributed by atoms with Gasteiger partial charge >= 0.3 is 0 Å². The van der Waals surface area contributed by atoms with Crippen molar-refractivity contribution >= 4 is 23.0 Å². The lowest BCUT2D eigenvalue weighted by molar-refractivity contribution is -0.116. The SMILES string of the molecule is COc1ccc(N2CCN(c3ccc(NC(=O)CCCCN)cc3)C2)cc1OC. The molecule has 0 saturated carbocycles. The van der Waals surface area contributed by atoms with Crippen LogP contribution in [0.5, 0.6) is 11.5 Å². The molecule has 0 atom stereocenters. The molecular formula is C22H30N4O3. The molecule has 29 heavy (non-hydrogen) atoms. The van der Waals surface area contributed by atoms with Crippen LogP contribution in [0, 0.1) is 0 Å². The van der Waals surface area contributed by atoms with Gasteiger partial charge in [0.1, 0.15) is 0 Å². The molecule has 0 unspecified atom stereocenters. The van der Waals surface area contributed by atoms with E-state index in [0.29, 0.717) is 13.0 Å².